The van der Waals surface area contributed by atoms with Gasteiger partial charge in [-0.05, 0) is 38.1 Å². The molecular formula is C17H18N4O2. The lowest BCUT2D eigenvalue weighted by atomic mass is 10.1. The van der Waals surface area contributed by atoms with Gasteiger partial charge in [-0.1, -0.05) is 17.7 Å². The van der Waals surface area contributed by atoms with E-state index < -0.39 is 0 Å². The molecule has 1 aromatic carbocycles. The first-order valence-corrected chi connectivity index (χ1v) is 7.14. The number of nitrogens with zero attached hydrogens (tertiary/aromatic N) is 2. The molecule has 1 heterocycles. The summed E-state index contributed by atoms with van der Waals surface area (Å²) in [5.74, 6) is -0.527. The molecule has 118 valence electrons. The second-order valence-corrected chi connectivity index (χ2v) is 5.12. The largest absolute Gasteiger partial charge is 0.324 e. The zero-order valence-electron chi connectivity index (χ0n) is 13.0. The highest BCUT2D eigenvalue weighted by molar-refractivity contribution is 6.06. The van der Waals surface area contributed by atoms with Crippen molar-refractivity contribution < 1.29 is 9.59 Å². The number of hydrazone groups is 1. The average molecular weight is 310 g/mol. The van der Waals surface area contributed by atoms with Crippen molar-refractivity contribution in [1.82, 2.24) is 10.4 Å². The predicted molar refractivity (Wildman–Crippen MR) is 89.2 cm³/mol. The van der Waals surface area contributed by atoms with Crippen LogP contribution in [0.2, 0.25) is 0 Å². The molecule has 0 saturated carbocycles. The summed E-state index contributed by atoms with van der Waals surface area (Å²) >= 11 is 0. The summed E-state index contributed by atoms with van der Waals surface area (Å²) in [4.78, 5) is 27.7. The van der Waals surface area contributed by atoms with Gasteiger partial charge in [-0.15, -0.1) is 0 Å². The molecule has 2 aromatic rings. The molecule has 2 rings (SSSR count). The van der Waals surface area contributed by atoms with E-state index in [1.54, 1.807) is 43.6 Å². The van der Waals surface area contributed by atoms with Crippen molar-refractivity contribution in [3.05, 3.63) is 59.9 Å². The molecule has 0 aliphatic heterocycles. The number of hydrogen-bond donors (Lipinski definition) is 2. The highest BCUT2D eigenvalue weighted by Crippen LogP contribution is 2.04. The molecular weight excluding hydrogens is 292 g/mol. The maximum Gasteiger partial charge on any atom is 0.271 e. The van der Waals surface area contributed by atoms with E-state index in [1.165, 1.54) is 0 Å². The lowest BCUT2D eigenvalue weighted by molar-refractivity contribution is -0.115. The van der Waals surface area contributed by atoms with E-state index in [0.29, 0.717) is 17.0 Å². The van der Waals surface area contributed by atoms with Crippen LogP contribution in [0.5, 0.6) is 0 Å². The third kappa shape index (κ3) is 5.35. The molecule has 1 aromatic heterocycles. The van der Waals surface area contributed by atoms with Gasteiger partial charge in [0, 0.05) is 17.5 Å². The summed E-state index contributed by atoms with van der Waals surface area (Å²) in [5, 5.41) is 6.65. The molecule has 0 atom stereocenters. The number of pyridine rings is 1. The zero-order valence-corrected chi connectivity index (χ0v) is 13.0. The number of aryl methyl sites for hydroxylation is 1. The van der Waals surface area contributed by atoms with Crippen LogP contribution in [0.15, 0.2) is 53.9 Å². The van der Waals surface area contributed by atoms with Crippen LogP contribution in [0.25, 0.3) is 0 Å². The van der Waals surface area contributed by atoms with Gasteiger partial charge in [-0.2, -0.15) is 5.10 Å². The minimum Gasteiger partial charge on any atom is -0.324 e. The first-order chi connectivity index (χ1) is 11.0. The number of amides is 2. The van der Waals surface area contributed by atoms with E-state index >= 15 is 0 Å². The van der Waals surface area contributed by atoms with Crippen LogP contribution in [-0.2, 0) is 4.79 Å². The Bertz CT molecular complexity index is 709. The summed E-state index contributed by atoms with van der Waals surface area (Å²) in [5.41, 5.74) is 5.17. The fourth-order valence-corrected chi connectivity index (χ4v) is 1.83. The van der Waals surface area contributed by atoms with Crippen molar-refractivity contribution in [3.8, 4) is 0 Å². The standard InChI is InChI=1S/C17H18N4O2/c1-12-5-7-14(8-6-12)17(23)21-20-13(2)10-16(22)19-15-4-3-9-18-11-15/h3-9,11H,10H2,1-2H3,(H,19,22)(H,21,23)/b20-13+. The zero-order chi connectivity index (χ0) is 16.7. The van der Waals surface area contributed by atoms with Crippen molar-refractivity contribution in [2.75, 3.05) is 5.32 Å². The third-order valence-electron chi connectivity index (χ3n) is 3.02. The minimum absolute atomic E-state index is 0.0864. The Kier molecular flexibility index (Phi) is 5.57. The Morgan fingerprint density at radius 2 is 1.91 bits per heavy atom. The second kappa shape index (κ2) is 7.84. The van der Waals surface area contributed by atoms with E-state index in [0.717, 1.165) is 5.56 Å². The predicted octanol–water partition coefficient (Wildman–Crippen LogP) is 2.52. The molecule has 0 bridgehead atoms. The third-order valence-corrected chi connectivity index (χ3v) is 3.02. The van der Waals surface area contributed by atoms with E-state index in [9.17, 15) is 9.59 Å². The monoisotopic (exact) mass is 310 g/mol. The molecule has 0 unspecified atom stereocenters. The van der Waals surface area contributed by atoms with Gasteiger partial charge in [0.05, 0.1) is 18.3 Å². The van der Waals surface area contributed by atoms with Gasteiger partial charge in [0.2, 0.25) is 5.91 Å². The number of aromatic nitrogens is 1. The van der Waals surface area contributed by atoms with Gasteiger partial charge in [0.1, 0.15) is 0 Å². The molecule has 0 saturated heterocycles. The molecule has 2 amide bonds. The summed E-state index contributed by atoms with van der Waals surface area (Å²) in [6, 6.07) is 10.6. The molecule has 23 heavy (non-hydrogen) atoms. The first kappa shape index (κ1) is 16.4. The molecule has 6 nitrogen and oxygen atoms in total. The molecule has 0 radical (unpaired) electrons. The van der Waals surface area contributed by atoms with E-state index in [2.05, 4.69) is 20.8 Å². The maximum absolute atomic E-state index is 11.9. The Morgan fingerprint density at radius 3 is 2.57 bits per heavy atom. The number of nitrogens with one attached hydrogen (secondary N) is 2. The molecule has 2 N–H and O–H groups in total. The summed E-state index contributed by atoms with van der Waals surface area (Å²) in [6.07, 6.45) is 3.27. The van der Waals surface area contributed by atoms with Crippen LogP contribution in [-0.4, -0.2) is 22.5 Å². The van der Waals surface area contributed by atoms with Gasteiger partial charge >= 0.3 is 0 Å². The summed E-state index contributed by atoms with van der Waals surface area (Å²) < 4.78 is 0. The van der Waals surface area contributed by atoms with Gasteiger partial charge in [0.25, 0.3) is 5.91 Å². The molecule has 6 heteroatoms. The summed E-state index contributed by atoms with van der Waals surface area (Å²) in [7, 11) is 0. The smallest absolute Gasteiger partial charge is 0.271 e. The van der Waals surface area contributed by atoms with Crippen molar-refractivity contribution in [3.63, 3.8) is 0 Å². The van der Waals surface area contributed by atoms with Crippen molar-refractivity contribution in [1.29, 1.82) is 0 Å². The number of benzene rings is 1. The minimum atomic E-state index is -0.308. The van der Waals surface area contributed by atoms with Crippen LogP contribution < -0.4 is 10.7 Å². The van der Waals surface area contributed by atoms with Crippen LogP contribution in [0.4, 0.5) is 5.69 Å². The lowest BCUT2D eigenvalue weighted by Gasteiger charge is -2.05. The number of anilines is 1. The van der Waals surface area contributed by atoms with E-state index in [-0.39, 0.29) is 18.2 Å². The molecule has 0 aliphatic rings. The number of rotatable bonds is 5. The van der Waals surface area contributed by atoms with Gasteiger partial charge in [-0.3, -0.25) is 14.6 Å². The number of carbonyl (C=O) groups is 2. The average Bonchev–Trinajstić information content (AvgIpc) is 2.54. The Balaban J connectivity index is 1.86. The van der Waals surface area contributed by atoms with Gasteiger partial charge < -0.3 is 5.32 Å². The van der Waals surface area contributed by atoms with Gasteiger partial charge in [-0.25, -0.2) is 5.43 Å². The SMILES string of the molecule is C/C(CC(=O)Nc1cccnc1)=N\NC(=O)c1ccc(C)cc1. The van der Waals surface area contributed by atoms with Crippen molar-refractivity contribution in [2.45, 2.75) is 20.3 Å². The van der Waals surface area contributed by atoms with Crippen molar-refractivity contribution in [2.24, 2.45) is 5.10 Å². The Hall–Kier alpha value is -3.02. The van der Waals surface area contributed by atoms with E-state index in [4.69, 9.17) is 0 Å². The van der Waals surface area contributed by atoms with Crippen LogP contribution in [0.3, 0.4) is 0 Å². The summed E-state index contributed by atoms with van der Waals surface area (Å²) in [6.45, 7) is 3.63. The quantitative estimate of drug-likeness (QED) is 0.657. The molecule has 0 fully saturated rings. The fraction of sp³-hybridized carbons (Fsp3) is 0.176. The topological polar surface area (TPSA) is 83.4 Å². The second-order valence-electron chi connectivity index (χ2n) is 5.12. The molecule has 0 aliphatic carbocycles. The lowest BCUT2D eigenvalue weighted by Crippen LogP contribution is -2.21. The first-order valence-electron chi connectivity index (χ1n) is 7.14. The van der Waals surface area contributed by atoms with Crippen molar-refractivity contribution >= 4 is 23.2 Å². The van der Waals surface area contributed by atoms with E-state index in [1.807, 2.05) is 19.1 Å². The number of hydrogen-bond acceptors (Lipinski definition) is 4. The Morgan fingerprint density at radius 1 is 1.17 bits per heavy atom. The highest BCUT2D eigenvalue weighted by Gasteiger charge is 2.07. The van der Waals surface area contributed by atoms with Crippen LogP contribution in [0, 0.1) is 6.92 Å². The molecule has 0 spiro atoms. The Labute approximate surface area is 134 Å². The number of carbonyl (C=O) groups excluding carboxylic acids is 2. The van der Waals surface area contributed by atoms with Gasteiger partial charge in [0.15, 0.2) is 0 Å². The van der Waals surface area contributed by atoms with Crippen LogP contribution in [0.1, 0.15) is 29.3 Å². The normalized spacial score (nSPS) is 11.0. The maximum atomic E-state index is 11.9. The van der Waals surface area contributed by atoms with Crippen LogP contribution >= 0.6 is 0 Å². The highest BCUT2D eigenvalue weighted by atomic mass is 16.2. The fourth-order valence-electron chi connectivity index (χ4n) is 1.83.